The normalized spacial score (nSPS) is 10.7. The second-order valence-corrected chi connectivity index (χ2v) is 6.51. The molecule has 0 aliphatic carbocycles. The Hall–Kier alpha value is -3.19. The van der Waals surface area contributed by atoms with Crippen LogP contribution in [-0.4, -0.2) is 0 Å². The highest BCUT2D eigenvalue weighted by atomic mass is 19.1. The Labute approximate surface area is 153 Å². The van der Waals surface area contributed by atoms with Crippen LogP contribution in [0.5, 0.6) is 0 Å². The van der Waals surface area contributed by atoms with Crippen LogP contribution in [0.1, 0.15) is 5.56 Å². The van der Waals surface area contributed by atoms with E-state index in [-0.39, 0.29) is 5.82 Å². The number of hydrogen-bond acceptors (Lipinski definition) is 0. The van der Waals surface area contributed by atoms with Gasteiger partial charge in [0.2, 0.25) is 0 Å². The second kappa shape index (κ2) is 6.97. The predicted molar refractivity (Wildman–Crippen MR) is 107 cm³/mol. The van der Waals surface area contributed by atoms with E-state index in [1.165, 1.54) is 22.8 Å². The maximum atomic E-state index is 14.1. The third-order valence-corrected chi connectivity index (χ3v) is 4.59. The van der Waals surface area contributed by atoms with Crippen LogP contribution >= 0.6 is 0 Å². The van der Waals surface area contributed by atoms with Gasteiger partial charge in [-0.2, -0.15) is 0 Å². The van der Waals surface area contributed by atoms with E-state index in [0.29, 0.717) is 5.56 Å². The highest BCUT2D eigenvalue weighted by Gasteiger charge is 2.07. The average Bonchev–Trinajstić information content (AvgIpc) is 2.69. The first kappa shape index (κ1) is 16.3. The summed E-state index contributed by atoms with van der Waals surface area (Å²) in [7, 11) is 0. The quantitative estimate of drug-likeness (QED) is 0.372. The van der Waals surface area contributed by atoms with E-state index >= 15 is 0 Å². The van der Waals surface area contributed by atoms with Gasteiger partial charge in [-0.1, -0.05) is 84.4 Å². The SMILES string of the molecule is Cc1cccc(-c2cccc(-c3cccc(-c4ccccc4F)c3)c2)c1. The van der Waals surface area contributed by atoms with Gasteiger partial charge in [0.05, 0.1) is 0 Å². The largest absolute Gasteiger partial charge is 0.206 e. The fraction of sp³-hybridized carbons (Fsp3) is 0.0400. The minimum Gasteiger partial charge on any atom is -0.206 e. The molecule has 0 spiro atoms. The van der Waals surface area contributed by atoms with Crippen LogP contribution in [0.25, 0.3) is 33.4 Å². The van der Waals surface area contributed by atoms with Crippen LogP contribution in [0.4, 0.5) is 4.39 Å². The molecule has 0 N–H and O–H groups in total. The summed E-state index contributed by atoms with van der Waals surface area (Å²) in [6.07, 6.45) is 0. The zero-order valence-corrected chi connectivity index (χ0v) is 14.6. The minimum atomic E-state index is -0.196. The van der Waals surface area contributed by atoms with Crippen LogP contribution in [0.15, 0.2) is 97.1 Å². The Morgan fingerprint density at radius 3 is 1.62 bits per heavy atom. The second-order valence-electron chi connectivity index (χ2n) is 6.51. The lowest BCUT2D eigenvalue weighted by Gasteiger charge is -2.09. The van der Waals surface area contributed by atoms with Gasteiger partial charge in [-0.05, 0) is 52.9 Å². The van der Waals surface area contributed by atoms with E-state index in [0.717, 1.165) is 16.7 Å². The summed E-state index contributed by atoms with van der Waals surface area (Å²) in [5.41, 5.74) is 7.36. The summed E-state index contributed by atoms with van der Waals surface area (Å²) in [4.78, 5) is 0. The van der Waals surface area contributed by atoms with Crippen molar-refractivity contribution in [3.05, 3.63) is 108 Å². The van der Waals surface area contributed by atoms with E-state index in [1.54, 1.807) is 6.07 Å². The van der Waals surface area contributed by atoms with Crippen molar-refractivity contribution in [2.75, 3.05) is 0 Å². The third-order valence-electron chi connectivity index (χ3n) is 4.59. The highest BCUT2D eigenvalue weighted by Crippen LogP contribution is 2.30. The number of halogens is 1. The summed E-state index contributed by atoms with van der Waals surface area (Å²) in [6.45, 7) is 2.10. The Kier molecular flexibility index (Phi) is 4.37. The fourth-order valence-electron chi connectivity index (χ4n) is 3.26. The molecule has 0 radical (unpaired) electrons. The molecular formula is C25H19F. The van der Waals surface area contributed by atoms with Crippen molar-refractivity contribution in [2.24, 2.45) is 0 Å². The van der Waals surface area contributed by atoms with Gasteiger partial charge in [-0.3, -0.25) is 0 Å². The van der Waals surface area contributed by atoms with E-state index in [9.17, 15) is 4.39 Å². The van der Waals surface area contributed by atoms with Gasteiger partial charge in [0.25, 0.3) is 0 Å². The monoisotopic (exact) mass is 338 g/mol. The van der Waals surface area contributed by atoms with Gasteiger partial charge < -0.3 is 0 Å². The first-order valence-corrected chi connectivity index (χ1v) is 8.73. The molecule has 4 rings (SSSR count). The van der Waals surface area contributed by atoms with Gasteiger partial charge >= 0.3 is 0 Å². The lowest BCUT2D eigenvalue weighted by Crippen LogP contribution is -1.86. The van der Waals surface area contributed by atoms with Crippen molar-refractivity contribution in [3.63, 3.8) is 0 Å². The molecule has 4 aromatic rings. The van der Waals surface area contributed by atoms with Gasteiger partial charge in [0, 0.05) is 5.56 Å². The topological polar surface area (TPSA) is 0 Å². The number of rotatable bonds is 3. The standard InChI is InChI=1S/C25H19F/c1-18-7-4-8-19(15-18)20-9-5-10-21(16-20)22-11-6-12-23(17-22)24-13-2-3-14-25(24)26/h2-17H,1H3. The summed E-state index contributed by atoms with van der Waals surface area (Å²) in [6, 6.07) is 31.9. The highest BCUT2D eigenvalue weighted by molar-refractivity contribution is 5.77. The molecule has 1 heteroatoms. The Morgan fingerprint density at radius 1 is 0.500 bits per heavy atom. The van der Waals surface area contributed by atoms with Crippen LogP contribution in [0.2, 0.25) is 0 Å². The fourth-order valence-corrected chi connectivity index (χ4v) is 3.26. The Balaban J connectivity index is 1.76. The van der Waals surface area contributed by atoms with E-state index in [2.05, 4.69) is 61.5 Å². The molecule has 0 unspecified atom stereocenters. The van der Waals surface area contributed by atoms with Gasteiger partial charge in [-0.25, -0.2) is 4.39 Å². The van der Waals surface area contributed by atoms with Crippen molar-refractivity contribution in [1.82, 2.24) is 0 Å². The first-order valence-electron chi connectivity index (χ1n) is 8.73. The average molecular weight is 338 g/mol. The third kappa shape index (κ3) is 3.29. The maximum Gasteiger partial charge on any atom is 0.131 e. The smallest absolute Gasteiger partial charge is 0.131 e. The summed E-state index contributed by atoms with van der Waals surface area (Å²) in [5.74, 6) is -0.196. The maximum absolute atomic E-state index is 14.1. The van der Waals surface area contributed by atoms with Gasteiger partial charge in [-0.15, -0.1) is 0 Å². The molecule has 0 saturated carbocycles. The number of aryl methyl sites for hydroxylation is 1. The molecule has 26 heavy (non-hydrogen) atoms. The van der Waals surface area contributed by atoms with Crippen molar-refractivity contribution in [3.8, 4) is 33.4 Å². The molecule has 126 valence electrons. The van der Waals surface area contributed by atoms with E-state index in [4.69, 9.17) is 0 Å². The molecule has 0 atom stereocenters. The molecule has 0 aliphatic heterocycles. The van der Waals surface area contributed by atoms with Crippen molar-refractivity contribution < 1.29 is 4.39 Å². The first-order chi connectivity index (χ1) is 12.7. The molecule has 0 aliphatic rings. The molecule has 4 aromatic carbocycles. The van der Waals surface area contributed by atoms with Crippen LogP contribution in [-0.2, 0) is 0 Å². The molecule has 0 nitrogen and oxygen atoms in total. The van der Waals surface area contributed by atoms with E-state index < -0.39 is 0 Å². The Morgan fingerprint density at radius 2 is 1.00 bits per heavy atom. The number of benzene rings is 4. The van der Waals surface area contributed by atoms with Crippen molar-refractivity contribution in [2.45, 2.75) is 6.92 Å². The minimum absolute atomic E-state index is 0.196. The molecule has 0 amide bonds. The molecule has 0 bridgehead atoms. The zero-order chi connectivity index (χ0) is 17.9. The van der Waals surface area contributed by atoms with Gasteiger partial charge in [0.15, 0.2) is 0 Å². The van der Waals surface area contributed by atoms with E-state index in [1.807, 2.05) is 30.3 Å². The summed E-state index contributed by atoms with van der Waals surface area (Å²) >= 11 is 0. The summed E-state index contributed by atoms with van der Waals surface area (Å²) < 4.78 is 14.1. The zero-order valence-electron chi connectivity index (χ0n) is 14.6. The summed E-state index contributed by atoms with van der Waals surface area (Å²) in [5, 5.41) is 0. The van der Waals surface area contributed by atoms with Crippen LogP contribution < -0.4 is 0 Å². The lowest BCUT2D eigenvalue weighted by atomic mass is 9.96. The van der Waals surface area contributed by atoms with Crippen LogP contribution in [0.3, 0.4) is 0 Å². The predicted octanol–water partition coefficient (Wildman–Crippen LogP) is 7.14. The lowest BCUT2D eigenvalue weighted by molar-refractivity contribution is 0.631. The molecule has 0 fully saturated rings. The molecule has 0 saturated heterocycles. The molecule has 0 heterocycles. The van der Waals surface area contributed by atoms with Crippen molar-refractivity contribution >= 4 is 0 Å². The van der Waals surface area contributed by atoms with Crippen LogP contribution in [0, 0.1) is 12.7 Å². The molecular weight excluding hydrogens is 319 g/mol. The van der Waals surface area contributed by atoms with Crippen molar-refractivity contribution in [1.29, 1.82) is 0 Å². The Bertz CT molecular complexity index is 1060. The number of hydrogen-bond donors (Lipinski definition) is 0. The molecule has 0 aromatic heterocycles. The van der Waals surface area contributed by atoms with Gasteiger partial charge in [0.1, 0.15) is 5.82 Å².